The Hall–Kier alpha value is -2.79. The molecule has 0 bridgehead atoms. The van der Waals surface area contributed by atoms with Gasteiger partial charge in [0.2, 0.25) is 0 Å². The molecule has 0 atom stereocenters. The van der Waals surface area contributed by atoms with E-state index in [0.717, 1.165) is 16.8 Å². The van der Waals surface area contributed by atoms with Crippen molar-refractivity contribution in [3.05, 3.63) is 87.3 Å². The average Bonchev–Trinajstić information content (AvgIpc) is 2.66. The van der Waals surface area contributed by atoms with Crippen molar-refractivity contribution < 1.29 is 0 Å². The molecule has 0 unspecified atom stereocenters. The van der Waals surface area contributed by atoms with E-state index in [4.69, 9.17) is 11.6 Å². The third-order valence-electron chi connectivity index (χ3n) is 4.40. The Balaban J connectivity index is 1.81. The summed E-state index contributed by atoms with van der Waals surface area (Å²) >= 11 is 6.38. The number of nitrogens with zero attached hydrogens (tertiary/aromatic N) is 4. The molecule has 2 aromatic carbocycles. The van der Waals surface area contributed by atoms with E-state index < -0.39 is 0 Å². The highest BCUT2D eigenvalue weighted by molar-refractivity contribution is 6.33. The summed E-state index contributed by atoms with van der Waals surface area (Å²) in [6.45, 7) is 1.03. The summed E-state index contributed by atoms with van der Waals surface area (Å²) in [5.74, 6) is 0. The van der Waals surface area contributed by atoms with Crippen LogP contribution < -0.4 is 15.4 Å². The lowest BCUT2D eigenvalue weighted by atomic mass is 10.2. The minimum Gasteiger partial charge on any atom is -0.378 e. The van der Waals surface area contributed by atoms with Crippen LogP contribution in [0.2, 0.25) is 5.02 Å². The molecule has 0 radical (unpaired) electrons. The molecular weight excluding hydrogens is 360 g/mol. The zero-order valence-electron chi connectivity index (χ0n) is 15.8. The zero-order valence-corrected chi connectivity index (χ0v) is 16.5. The van der Waals surface area contributed by atoms with E-state index in [1.807, 2.05) is 62.4 Å². The second-order valence-corrected chi connectivity index (χ2v) is 7.09. The molecule has 3 rings (SSSR count). The molecule has 0 saturated carbocycles. The highest BCUT2D eigenvalue weighted by Crippen LogP contribution is 2.23. The van der Waals surface area contributed by atoms with Gasteiger partial charge in [-0.15, -0.1) is 0 Å². The van der Waals surface area contributed by atoms with Crippen LogP contribution in [0.1, 0.15) is 11.1 Å². The highest BCUT2D eigenvalue weighted by Gasteiger charge is 2.14. The number of anilines is 2. The van der Waals surface area contributed by atoms with Gasteiger partial charge in [0, 0.05) is 33.4 Å². The second-order valence-electron chi connectivity index (χ2n) is 6.71. The van der Waals surface area contributed by atoms with Crippen molar-refractivity contribution in [2.75, 3.05) is 30.9 Å². The van der Waals surface area contributed by atoms with Gasteiger partial charge < -0.3 is 9.80 Å². The Labute approximate surface area is 164 Å². The Morgan fingerprint density at radius 1 is 1.00 bits per heavy atom. The fraction of sp³-hybridized carbons (Fsp3) is 0.238. The largest absolute Gasteiger partial charge is 0.378 e. The van der Waals surface area contributed by atoms with Crippen molar-refractivity contribution in [1.82, 2.24) is 9.78 Å². The first-order chi connectivity index (χ1) is 13.0. The summed E-state index contributed by atoms with van der Waals surface area (Å²) in [5, 5.41) is 4.50. The molecule has 27 heavy (non-hydrogen) atoms. The Kier molecular flexibility index (Phi) is 5.81. The van der Waals surface area contributed by atoms with E-state index in [2.05, 4.69) is 28.2 Å². The average molecular weight is 383 g/mol. The van der Waals surface area contributed by atoms with Gasteiger partial charge in [-0.2, -0.15) is 5.10 Å². The van der Waals surface area contributed by atoms with Crippen LogP contribution >= 0.6 is 11.6 Å². The summed E-state index contributed by atoms with van der Waals surface area (Å²) in [7, 11) is 5.93. The molecule has 0 N–H and O–H groups in total. The summed E-state index contributed by atoms with van der Waals surface area (Å²) in [4.78, 5) is 16.6. The second kappa shape index (κ2) is 8.27. The lowest BCUT2D eigenvalue weighted by Crippen LogP contribution is -2.27. The molecule has 0 spiro atoms. The molecule has 1 aromatic heterocycles. The van der Waals surface area contributed by atoms with Gasteiger partial charge in [-0.25, -0.2) is 4.68 Å². The number of hydrogen-bond acceptors (Lipinski definition) is 4. The molecule has 140 valence electrons. The molecule has 1 heterocycles. The first-order valence-corrected chi connectivity index (χ1v) is 9.10. The molecule has 0 amide bonds. The quantitative estimate of drug-likeness (QED) is 0.652. The standard InChI is InChI=1S/C21H23ClN4O/c1-24(2)18-11-7-10-17(12-18)14-25(3)19-13-23-26(21(27)20(19)22)15-16-8-5-4-6-9-16/h4-13H,14-15H2,1-3H3. The first-order valence-electron chi connectivity index (χ1n) is 8.72. The van der Waals surface area contributed by atoms with Crippen molar-refractivity contribution in [3.8, 4) is 0 Å². The van der Waals surface area contributed by atoms with Crippen LogP contribution in [0, 0.1) is 0 Å². The number of hydrogen-bond donors (Lipinski definition) is 0. The summed E-state index contributed by atoms with van der Waals surface area (Å²) in [5.41, 5.74) is 3.61. The zero-order chi connectivity index (χ0) is 19.4. The first kappa shape index (κ1) is 19.0. The lowest BCUT2D eigenvalue weighted by molar-refractivity contribution is 0.637. The predicted octanol–water partition coefficient (Wildman–Crippen LogP) is 3.65. The topological polar surface area (TPSA) is 41.4 Å². The monoisotopic (exact) mass is 382 g/mol. The van der Waals surface area contributed by atoms with Gasteiger partial charge in [-0.3, -0.25) is 4.79 Å². The molecule has 0 aliphatic rings. The normalized spacial score (nSPS) is 10.7. The van der Waals surface area contributed by atoms with Crippen molar-refractivity contribution >= 4 is 23.0 Å². The fourth-order valence-corrected chi connectivity index (χ4v) is 3.17. The van der Waals surface area contributed by atoms with Crippen LogP contribution in [0.3, 0.4) is 0 Å². The summed E-state index contributed by atoms with van der Waals surface area (Å²) in [6.07, 6.45) is 1.66. The third-order valence-corrected chi connectivity index (χ3v) is 4.75. The Morgan fingerprint density at radius 3 is 2.41 bits per heavy atom. The Morgan fingerprint density at radius 2 is 1.70 bits per heavy atom. The van der Waals surface area contributed by atoms with E-state index in [1.54, 1.807) is 6.20 Å². The Bertz CT molecular complexity index is 969. The van der Waals surface area contributed by atoms with E-state index in [1.165, 1.54) is 4.68 Å². The van der Waals surface area contributed by atoms with E-state index in [0.29, 0.717) is 18.8 Å². The van der Waals surface area contributed by atoms with E-state index in [9.17, 15) is 4.79 Å². The molecule has 0 fully saturated rings. The minimum absolute atomic E-state index is 0.187. The van der Waals surface area contributed by atoms with Gasteiger partial charge in [-0.05, 0) is 23.3 Å². The third kappa shape index (κ3) is 4.49. The molecular formula is C21H23ClN4O. The SMILES string of the molecule is CN(C)c1cccc(CN(C)c2cnn(Cc3ccccc3)c(=O)c2Cl)c1. The van der Waals surface area contributed by atoms with Gasteiger partial charge in [-0.1, -0.05) is 54.1 Å². The molecule has 5 nitrogen and oxygen atoms in total. The fourth-order valence-electron chi connectivity index (χ4n) is 2.88. The molecule has 3 aromatic rings. The van der Waals surface area contributed by atoms with Crippen LogP contribution in [0.15, 0.2) is 65.6 Å². The maximum atomic E-state index is 12.6. The van der Waals surface area contributed by atoms with Crippen LogP contribution in [0.25, 0.3) is 0 Å². The highest BCUT2D eigenvalue weighted by atomic mass is 35.5. The molecule has 0 aliphatic heterocycles. The van der Waals surface area contributed by atoms with Crippen LogP contribution in [-0.2, 0) is 13.1 Å². The minimum atomic E-state index is -0.285. The van der Waals surface area contributed by atoms with Crippen molar-refractivity contribution in [2.45, 2.75) is 13.1 Å². The lowest BCUT2D eigenvalue weighted by Gasteiger charge is -2.21. The van der Waals surface area contributed by atoms with Crippen LogP contribution in [-0.4, -0.2) is 30.9 Å². The molecule has 0 saturated heterocycles. The van der Waals surface area contributed by atoms with Gasteiger partial charge in [0.05, 0.1) is 18.4 Å². The number of rotatable bonds is 6. The predicted molar refractivity (Wildman–Crippen MR) is 112 cm³/mol. The van der Waals surface area contributed by atoms with Gasteiger partial charge in [0.15, 0.2) is 0 Å². The van der Waals surface area contributed by atoms with Gasteiger partial charge in [0.1, 0.15) is 5.02 Å². The van der Waals surface area contributed by atoms with Crippen LogP contribution in [0.5, 0.6) is 0 Å². The number of halogens is 1. The summed E-state index contributed by atoms with van der Waals surface area (Å²) in [6, 6.07) is 18.0. The number of aromatic nitrogens is 2. The van der Waals surface area contributed by atoms with Crippen molar-refractivity contribution in [3.63, 3.8) is 0 Å². The maximum absolute atomic E-state index is 12.6. The maximum Gasteiger partial charge on any atom is 0.287 e. The van der Waals surface area contributed by atoms with E-state index >= 15 is 0 Å². The van der Waals surface area contributed by atoms with Gasteiger partial charge in [0.25, 0.3) is 5.56 Å². The molecule has 6 heteroatoms. The summed E-state index contributed by atoms with van der Waals surface area (Å²) < 4.78 is 1.39. The number of benzene rings is 2. The molecule has 0 aliphatic carbocycles. The van der Waals surface area contributed by atoms with E-state index in [-0.39, 0.29) is 10.6 Å². The van der Waals surface area contributed by atoms with Crippen LogP contribution in [0.4, 0.5) is 11.4 Å². The smallest absolute Gasteiger partial charge is 0.287 e. The van der Waals surface area contributed by atoms with Crippen molar-refractivity contribution in [1.29, 1.82) is 0 Å². The van der Waals surface area contributed by atoms with Crippen molar-refractivity contribution in [2.24, 2.45) is 0 Å². The van der Waals surface area contributed by atoms with Gasteiger partial charge >= 0.3 is 0 Å².